The molecule has 0 saturated heterocycles. The van der Waals surface area contributed by atoms with Gasteiger partial charge in [0.25, 0.3) is 0 Å². The van der Waals surface area contributed by atoms with Gasteiger partial charge in [0.1, 0.15) is 5.82 Å². The van der Waals surface area contributed by atoms with Crippen LogP contribution in [-0.2, 0) is 0 Å². The summed E-state index contributed by atoms with van der Waals surface area (Å²) in [6, 6.07) is 0. The van der Waals surface area contributed by atoms with Crippen LogP contribution in [0.1, 0.15) is 30.7 Å². The Morgan fingerprint density at radius 1 is 1.20 bits per heavy atom. The number of rotatable bonds is 6. The van der Waals surface area contributed by atoms with Crippen molar-refractivity contribution >= 4 is 17.4 Å². The van der Waals surface area contributed by atoms with Gasteiger partial charge in [-0.05, 0) is 26.7 Å². The standard InChI is InChI=1S/C11H18ClN3/c1-9-10(2)15-11(8-14-9)13-7-5-3-4-6-12/h8H,3-7H2,1-2H3,(H,13,15). The minimum absolute atomic E-state index is 0.753. The maximum Gasteiger partial charge on any atom is 0.144 e. The summed E-state index contributed by atoms with van der Waals surface area (Å²) in [5, 5.41) is 3.25. The minimum atomic E-state index is 0.753. The number of halogens is 1. The van der Waals surface area contributed by atoms with Gasteiger partial charge in [-0.25, -0.2) is 4.98 Å². The summed E-state index contributed by atoms with van der Waals surface area (Å²) in [4.78, 5) is 8.64. The maximum atomic E-state index is 5.59. The van der Waals surface area contributed by atoms with E-state index in [0.29, 0.717) is 0 Å². The van der Waals surface area contributed by atoms with E-state index in [1.165, 1.54) is 0 Å². The van der Waals surface area contributed by atoms with Gasteiger partial charge in [0.2, 0.25) is 0 Å². The first-order valence-corrected chi connectivity index (χ1v) is 5.87. The van der Waals surface area contributed by atoms with Gasteiger partial charge in [-0.3, -0.25) is 4.98 Å². The van der Waals surface area contributed by atoms with E-state index in [1.54, 1.807) is 6.20 Å². The first kappa shape index (κ1) is 12.2. The highest BCUT2D eigenvalue weighted by molar-refractivity contribution is 6.17. The van der Waals surface area contributed by atoms with Crippen molar-refractivity contribution in [2.45, 2.75) is 33.1 Å². The largest absolute Gasteiger partial charge is 0.369 e. The molecule has 1 aromatic rings. The average Bonchev–Trinajstić information content (AvgIpc) is 2.23. The van der Waals surface area contributed by atoms with Crippen molar-refractivity contribution < 1.29 is 0 Å². The average molecular weight is 228 g/mol. The number of aromatic nitrogens is 2. The van der Waals surface area contributed by atoms with Gasteiger partial charge < -0.3 is 5.32 Å². The van der Waals surface area contributed by atoms with Crippen molar-refractivity contribution in [1.82, 2.24) is 9.97 Å². The molecule has 1 heterocycles. The van der Waals surface area contributed by atoms with Gasteiger partial charge in [-0.15, -0.1) is 11.6 Å². The van der Waals surface area contributed by atoms with Crippen molar-refractivity contribution in [2.75, 3.05) is 17.7 Å². The second kappa shape index (κ2) is 6.62. The molecule has 0 aromatic carbocycles. The van der Waals surface area contributed by atoms with E-state index in [2.05, 4.69) is 15.3 Å². The van der Waals surface area contributed by atoms with Crippen LogP contribution in [0.25, 0.3) is 0 Å². The van der Waals surface area contributed by atoms with Crippen LogP contribution in [-0.4, -0.2) is 22.4 Å². The summed E-state index contributed by atoms with van der Waals surface area (Å²) in [5.41, 5.74) is 1.98. The number of nitrogens with one attached hydrogen (secondary N) is 1. The normalized spacial score (nSPS) is 10.3. The summed E-state index contributed by atoms with van der Waals surface area (Å²) < 4.78 is 0. The Morgan fingerprint density at radius 2 is 2.00 bits per heavy atom. The van der Waals surface area contributed by atoms with Crippen molar-refractivity contribution in [1.29, 1.82) is 0 Å². The van der Waals surface area contributed by atoms with E-state index in [9.17, 15) is 0 Å². The van der Waals surface area contributed by atoms with E-state index in [4.69, 9.17) is 11.6 Å². The second-order valence-electron chi connectivity index (χ2n) is 3.60. The molecular weight excluding hydrogens is 210 g/mol. The van der Waals surface area contributed by atoms with Crippen LogP contribution in [0.2, 0.25) is 0 Å². The fourth-order valence-corrected chi connectivity index (χ4v) is 1.43. The molecule has 0 saturated carbocycles. The number of hydrogen-bond acceptors (Lipinski definition) is 3. The van der Waals surface area contributed by atoms with Crippen molar-refractivity contribution in [3.63, 3.8) is 0 Å². The van der Waals surface area contributed by atoms with E-state index < -0.39 is 0 Å². The SMILES string of the molecule is Cc1ncc(NCCCCCCl)nc1C. The first-order valence-electron chi connectivity index (χ1n) is 5.34. The molecule has 0 unspecified atom stereocenters. The Morgan fingerprint density at radius 3 is 2.67 bits per heavy atom. The number of hydrogen-bond donors (Lipinski definition) is 1. The second-order valence-corrected chi connectivity index (χ2v) is 3.98. The number of alkyl halides is 1. The van der Waals surface area contributed by atoms with Crippen LogP contribution < -0.4 is 5.32 Å². The zero-order chi connectivity index (χ0) is 11.1. The monoisotopic (exact) mass is 227 g/mol. The lowest BCUT2D eigenvalue weighted by Gasteiger charge is -2.06. The number of nitrogens with zero attached hydrogens (tertiary/aromatic N) is 2. The lowest BCUT2D eigenvalue weighted by atomic mass is 10.2. The summed E-state index contributed by atoms with van der Waals surface area (Å²) in [6.07, 6.45) is 5.15. The molecule has 84 valence electrons. The van der Waals surface area contributed by atoms with E-state index >= 15 is 0 Å². The Balaban J connectivity index is 2.28. The molecule has 3 nitrogen and oxygen atoms in total. The molecule has 0 fully saturated rings. The Bertz CT molecular complexity index is 302. The van der Waals surface area contributed by atoms with E-state index in [1.807, 2.05) is 13.8 Å². The van der Waals surface area contributed by atoms with Crippen LogP contribution >= 0.6 is 11.6 Å². The molecule has 0 aliphatic carbocycles. The van der Waals surface area contributed by atoms with Gasteiger partial charge in [0.05, 0.1) is 17.6 Å². The molecule has 0 spiro atoms. The molecule has 15 heavy (non-hydrogen) atoms. The fourth-order valence-electron chi connectivity index (χ4n) is 1.24. The summed E-state index contributed by atoms with van der Waals surface area (Å²) in [7, 11) is 0. The predicted octanol–water partition coefficient (Wildman–Crippen LogP) is 2.91. The molecule has 0 aliphatic heterocycles. The third-order valence-electron chi connectivity index (χ3n) is 2.31. The van der Waals surface area contributed by atoms with Gasteiger partial charge in [-0.2, -0.15) is 0 Å². The Labute approximate surface area is 96.3 Å². The van der Waals surface area contributed by atoms with Crippen LogP contribution in [0.15, 0.2) is 6.20 Å². The van der Waals surface area contributed by atoms with Crippen molar-refractivity contribution in [3.05, 3.63) is 17.6 Å². The molecule has 1 aromatic heterocycles. The van der Waals surface area contributed by atoms with E-state index in [0.717, 1.165) is 48.9 Å². The zero-order valence-electron chi connectivity index (χ0n) is 9.39. The molecule has 0 amide bonds. The van der Waals surface area contributed by atoms with Crippen molar-refractivity contribution in [2.24, 2.45) is 0 Å². The third kappa shape index (κ3) is 4.47. The number of aryl methyl sites for hydroxylation is 2. The van der Waals surface area contributed by atoms with Crippen LogP contribution in [0.5, 0.6) is 0 Å². The lowest BCUT2D eigenvalue weighted by molar-refractivity contribution is 0.745. The van der Waals surface area contributed by atoms with Crippen molar-refractivity contribution in [3.8, 4) is 0 Å². The first-order chi connectivity index (χ1) is 7.24. The molecule has 0 aliphatic rings. The Hall–Kier alpha value is -0.830. The van der Waals surface area contributed by atoms with Gasteiger partial charge in [-0.1, -0.05) is 6.42 Å². The zero-order valence-corrected chi connectivity index (χ0v) is 10.1. The highest BCUT2D eigenvalue weighted by Crippen LogP contribution is 2.06. The highest BCUT2D eigenvalue weighted by atomic mass is 35.5. The minimum Gasteiger partial charge on any atom is -0.369 e. The Kier molecular flexibility index (Phi) is 5.40. The number of unbranched alkanes of at least 4 members (excludes halogenated alkanes) is 2. The lowest BCUT2D eigenvalue weighted by Crippen LogP contribution is -2.05. The summed E-state index contributed by atoms with van der Waals surface area (Å²) in [5.74, 6) is 1.62. The molecule has 4 heteroatoms. The topological polar surface area (TPSA) is 37.8 Å². The predicted molar refractivity (Wildman–Crippen MR) is 64.6 cm³/mol. The fraction of sp³-hybridized carbons (Fsp3) is 0.636. The van der Waals surface area contributed by atoms with Crippen LogP contribution in [0.4, 0.5) is 5.82 Å². The van der Waals surface area contributed by atoms with Crippen LogP contribution in [0.3, 0.4) is 0 Å². The quantitative estimate of drug-likeness (QED) is 0.600. The van der Waals surface area contributed by atoms with Gasteiger partial charge in [0.15, 0.2) is 0 Å². The van der Waals surface area contributed by atoms with Gasteiger partial charge in [0, 0.05) is 12.4 Å². The smallest absolute Gasteiger partial charge is 0.144 e. The molecule has 1 N–H and O–H groups in total. The summed E-state index contributed by atoms with van der Waals surface area (Å²) in [6.45, 7) is 4.88. The molecule has 1 rings (SSSR count). The molecule has 0 radical (unpaired) electrons. The summed E-state index contributed by atoms with van der Waals surface area (Å²) >= 11 is 5.59. The molecule has 0 bridgehead atoms. The molecular formula is C11H18ClN3. The highest BCUT2D eigenvalue weighted by Gasteiger charge is 1.98. The number of anilines is 1. The maximum absolute atomic E-state index is 5.59. The van der Waals surface area contributed by atoms with E-state index in [-0.39, 0.29) is 0 Å². The molecule has 0 atom stereocenters. The third-order valence-corrected chi connectivity index (χ3v) is 2.58. The van der Waals surface area contributed by atoms with Crippen LogP contribution in [0, 0.1) is 13.8 Å². The van der Waals surface area contributed by atoms with Gasteiger partial charge >= 0.3 is 0 Å².